The summed E-state index contributed by atoms with van der Waals surface area (Å²) in [5, 5.41) is 9.03. The van der Waals surface area contributed by atoms with Crippen molar-refractivity contribution in [3.63, 3.8) is 0 Å². The molecule has 1 aliphatic heterocycles. The second-order valence-corrected chi connectivity index (χ2v) is 9.13. The molecule has 1 aliphatic carbocycles. The third-order valence-corrected chi connectivity index (χ3v) is 6.86. The zero-order valence-electron chi connectivity index (χ0n) is 15.1. The first kappa shape index (κ1) is 20.2. The number of rotatable bonds is 4. The molecule has 1 aromatic carbocycles. The van der Waals surface area contributed by atoms with Crippen LogP contribution in [-0.2, 0) is 22.8 Å². The summed E-state index contributed by atoms with van der Waals surface area (Å²) < 4.78 is 82.0. The number of piperidine rings is 1. The van der Waals surface area contributed by atoms with E-state index in [1.54, 1.807) is 0 Å². The topological polar surface area (TPSA) is 102 Å². The first-order chi connectivity index (χ1) is 13.5. The van der Waals surface area contributed by atoms with E-state index in [9.17, 15) is 26.0 Å². The largest absolute Gasteiger partial charge is 0.416 e. The van der Waals surface area contributed by atoms with Crippen LogP contribution in [0.3, 0.4) is 0 Å². The molecule has 1 atom stereocenters. The van der Waals surface area contributed by atoms with Gasteiger partial charge < -0.3 is 4.52 Å². The highest BCUT2D eigenvalue weighted by molar-refractivity contribution is 7.86. The molecular weight excluding hydrogens is 416 g/mol. The minimum atomic E-state index is -4.62. The van der Waals surface area contributed by atoms with Gasteiger partial charge in [-0.05, 0) is 48.4 Å². The fraction of sp³-hybridized carbons (Fsp3) is 0.529. The Morgan fingerprint density at radius 3 is 2.59 bits per heavy atom. The highest BCUT2D eigenvalue weighted by Gasteiger charge is 2.58. The molecule has 1 saturated carbocycles. The summed E-state index contributed by atoms with van der Waals surface area (Å²) in [6.45, 7) is 0.608. The average molecular weight is 434 g/mol. The molecule has 7 nitrogen and oxygen atoms in total. The van der Waals surface area contributed by atoms with Crippen molar-refractivity contribution in [2.75, 3.05) is 13.1 Å². The van der Waals surface area contributed by atoms with Crippen LogP contribution in [0.5, 0.6) is 0 Å². The third-order valence-electron chi connectivity index (χ3n) is 5.78. The quantitative estimate of drug-likeness (QED) is 0.746. The zero-order valence-corrected chi connectivity index (χ0v) is 15.9. The minimum Gasteiger partial charge on any atom is -0.339 e. The van der Waals surface area contributed by atoms with E-state index < -0.39 is 27.8 Å². The van der Waals surface area contributed by atoms with Gasteiger partial charge in [0.25, 0.3) is 10.2 Å². The third kappa shape index (κ3) is 4.01. The van der Waals surface area contributed by atoms with Crippen LogP contribution in [0.1, 0.15) is 48.0 Å². The van der Waals surface area contributed by atoms with Crippen LogP contribution in [0.4, 0.5) is 17.6 Å². The van der Waals surface area contributed by atoms with E-state index >= 15 is 0 Å². The molecule has 1 aromatic heterocycles. The molecule has 0 amide bonds. The summed E-state index contributed by atoms with van der Waals surface area (Å²) in [6, 6.07) is 2.26. The lowest BCUT2D eigenvalue weighted by molar-refractivity contribution is -0.138. The van der Waals surface area contributed by atoms with E-state index in [0.717, 1.165) is 18.6 Å². The van der Waals surface area contributed by atoms with Crippen molar-refractivity contribution in [3.8, 4) is 0 Å². The molecule has 12 heteroatoms. The van der Waals surface area contributed by atoms with Crippen molar-refractivity contribution in [1.29, 1.82) is 0 Å². The molecule has 1 spiro atoms. The lowest BCUT2D eigenvalue weighted by atomic mass is 9.92. The second kappa shape index (κ2) is 6.74. The summed E-state index contributed by atoms with van der Waals surface area (Å²) in [6.07, 6.45) is -3.01. The number of benzene rings is 1. The van der Waals surface area contributed by atoms with Crippen molar-refractivity contribution >= 4 is 10.2 Å². The summed E-state index contributed by atoms with van der Waals surface area (Å²) in [5.41, 5.74) is -1.37. The molecule has 0 radical (unpaired) electrons. The predicted octanol–water partition coefficient (Wildman–Crippen LogP) is 2.59. The number of hydrogen-bond donors (Lipinski definition) is 1. The summed E-state index contributed by atoms with van der Waals surface area (Å²) in [5.74, 6) is -0.470. The highest BCUT2D eigenvalue weighted by atomic mass is 32.2. The van der Waals surface area contributed by atoms with Crippen LogP contribution in [0.25, 0.3) is 0 Å². The van der Waals surface area contributed by atoms with Crippen LogP contribution in [0, 0.1) is 11.2 Å². The molecule has 2 heterocycles. The standard InChI is InChI=1S/C17H18F4N4O3S/c18-11-1-2-12(17(19,20)21)10(7-11)8-14-23-15(24-28-14)13-9-16(13)3-5-25(6-4-16)29(22,26)27/h1-2,7,13H,3-6,8-9H2,(H2,22,26,27)/t13-/m0/s1. The molecule has 2 N–H and O–H groups in total. The predicted molar refractivity (Wildman–Crippen MR) is 92.2 cm³/mol. The Kier molecular flexibility index (Phi) is 4.70. The average Bonchev–Trinajstić information content (AvgIpc) is 3.08. The fourth-order valence-corrected chi connectivity index (χ4v) is 4.77. The molecule has 2 fully saturated rings. The maximum atomic E-state index is 13.4. The van der Waals surface area contributed by atoms with Gasteiger partial charge >= 0.3 is 6.18 Å². The highest BCUT2D eigenvalue weighted by Crippen LogP contribution is 2.64. The van der Waals surface area contributed by atoms with Crippen LogP contribution in [-0.4, -0.2) is 36.0 Å². The normalized spacial score (nSPS) is 22.2. The van der Waals surface area contributed by atoms with E-state index in [1.165, 1.54) is 4.31 Å². The van der Waals surface area contributed by atoms with Crippen LogP contribution < -0.4 is 5.14 Å². The monoisotopic (exact) mass is 434 g/mol. The Balaban J connectivity index is 1.47. The molecule has 4 rings (SSSR count). The smallest absolute Gasteiger partial charge is 0.339 e. The van der Waals surface area contributed by atoms with Gasteiger partial charge in [-0.25, -0.2) is 9.53 Å². The molecule has 0 unspecified atom stereocenters. The van der Waals surface area contributed by atoms with Crippen molar-refractivity contribution < 1.29 is 30.5 Å². The van der Waals surface area contributed by atoms with Crippen molar-refractivity contribution in [3.05, 3.63) is 46.9 Å². The van der Waals surface area contributed by atoms with Gasteiger partial charge in [-0.3, -0.25) is 0 Å². The summed E-state index contributed by atoms with van der Waals surface area (Å²) >= 11 is 0. The minimum absolute atomic E-state index is 0.0277. The number of nitrogens with two attached hydrogens (primary N) is 1. The Morgan fingerprint density at radius 1 is 1.28 bits per heavy atom. The number of alkyl halides is 3. The van der Waals surface area contributed by atoms with Crippen molar-refractivity contribution in [2.24, 2.45) is 10.6 Å². The Morgan fingerprint density at radius 2 is 1.97 bits per heavy atom. The Bertz CT molecular complexity index is 1030. The molecule has 1 saturated heterocycles. The summed E-state index contributed by atoms with van der Waals surface area (Å²) in [7, 11) is -3.72. The molecule has 2 aliphatic rings. The van der Waals surface area contributed by atoms with Crippen LogP contribution in [0.2, 0.25) is 0 Å². The Hall–Kier alpha value is -2.05. The first-order valence-corrected chi connectivity index (χ1v) is 10.4. The number of aromatic nitrogens is 2. The van der Waals surface area contributed by atoms with E-state index in [0.29, 0.717) is 37.8 Å². The molecule has 158 valence electrons. The molecule has 0 bridgehead atoms. The van der Waals surface area contributed by atoms with Gasteiger partial charge in [0, 0.05) is 19.0 Å². The first-order valence-electron chi connectivity index (χ1n) is 8.94. The van der Waals surface area contributed by atoms with E-state index in [1.807, 2.05) is 0 Å². The van der Waals surface area contributed by atoms with Gasteiger partial charge in [-0.15, -0.1) is 0 Å². The second-order valence-electron chi connectivity index (χ2n) is 7.59. The van der Waals surface area contributed by atoms with Crippen LogP contribution in [0.15, 0.2) is 22.7 Å². The maximum absolute atomic E-state index is 13.4. The van der Waals surface area contributed by atoms with Gasteiger partial charge in [0.15, 0.2) is 5.82 Å². The van der Waals surface area contributed by atoms with Crippen LogP contribution >= 0.6 is 0 Å². The molecule has 2 aromatic rings. The van der Waals surface area contributed by atoms with Crippen molar-refractivity contribution in [1.82, 2.24) is 14.4 Å². The SMILES string of the molecule is NS(=O)(=O)N1CCC2(CC1)C[C@H]2c1noc(Cc2cc(F)ccc2C(F)(F)F)n1. The maximum Gasteiger partial charge on any atom is 0.416 e. The van der Waals surface area contributed by atoms with E-state index in [-0.39, 0.29) is 29.2 Å². The lowest BCUT2D eigenvalue weighted by Crippen LogP contribution is -2.43. The van der Waals surface area contributed by atoms with Gasteiger partial charge in [-0.2, -0.15) is 30.9 Å². The zero-order chi connectivity index (χ0) is 21.0. The number of halogens is 4. The summed E-state index contributed by atoms with van der Waals surface area (Å²) in [4.78, 5) is 4.21. The van der Waals surface area contributed by atoms with Gasteiger partial charge in [0.1, 0.15) is 5.82 Å². The Labute approximate surface area is 164 Å². The van der Waals surface area contributed by atoms with E-state index in [4.69, 9.17) is 9.66 Å². The van der Waals surface area contributed by atoms with Gasteiger partial charge in [0.2, 0.25) is 5.89 Å². The van der Waals surface area contributed by atoms with Crippen molar-refractivity contribution in [2.45, 2.75) is 37.8 Å². The number of nitrogens with zero attached hydrogens (tertiary/aromatic N) is 3. The lowest BCUT2D eigenvalue weighted by Gasteiger charge is -2.30. The number of hydrogen-bond acceptors (Lipinski definition) is 5. The fourth-order valence-electron chi connectivity index (χ4n) is 4.08. The molecule has 29 heavy (non-hydrogen) atoms. The molecular formula is C17H18F4N4O3S. The van der Waals surface area contributed by atoms with Gasteiger partial charge in [-0.1, -0.05) is 5.16 Å². The van der Waals surface area contributed by atoms with Gasteiger partial charge in [0.05, 0.1) is 12.0 Å². The van der Waals surface area contributed by atoms with E-state index in [2.05, 4.69) is 10.1 Å².